The second-order valence-electron chi connectivity index (χ2n) is 4.65. The number of rotatable bonds is 5. The number of nitrogens with zero attached hydrogens (tertiary/aromatic N) is 1. The van der Waals surface area contributed by atoms with Gasteiger partial charge >= 0.3 is 0 Å². The molecular formula is C17H14N2O3. The summed E-state index contributed by atoms with van der Waals surface area (Å²) in [6.07, 6.45) is 0. The van der Waals surface area contributed by atoms with E-state index in [2.05, 4.69) is 5.32 Å². The van der Waals surface area contributed by atoms with Crippen LogP contribution in [0.5, 0.6) is 0 Å². The second-order valence-corrected chi connectivity index (χ2v) is 4.65. The molecule has 0 aliphatic rings. The van der Waals surface area contributed by atoms with Gasteiger partial charge in [-0.3, -0.25) is 9.59 Å². The van der Waals surface area contributed by atoms with Crippen LogP contribution in [0.3, 0.4) is 0 Å². The number of amides is 1. The molecule has 0 unspecified atom stereocenters. The summed E-state index contributed by atoms with van der Waals surface area (Å²) in [7, 11) is 0. The van der Waals surface area contributed by atoms with Gasteiger partial charge in [0.05, 0.1) is 24.8 Å². The highest BCUT2D eigenvalue weighted by atomic mass is 16.3. The number of benzene rings is 2. The van der Waals surface area contributed by atoms with Crippen molar-refractivity contribution in [2.75, 3.05) is 6.54 Å². The molecule has 0 aromatic heterocycles. The molecule has 110 valence electrons. The molecule has 0 heterocycles. The second kappa shape index (κ2) is 7.16. The molecule has 0 atom stereocenters. The van der Waals surface area contributed by atoms with E-state index in [1.807, 2.05) is 6.07 Å². The van der Waals surface area contributed by atoms with E-state index in [-0.39, 0.29) is 18.9 Å². The molecule has 5 heteroatoms. The fourth-order valence-electron chi connectivity index (χ4n) is 1.89. The monoisotopic (exact) mass is 294 g/mol. The van der Waals surface area contributed by atoms with Crippen molar-refractivity contribution in [1.29, 1.82) is 5.26 Å². The van der Waals surface area contributed by atoms with Crippen LogP contribution in [0, 0.1) is 11.3 Å². The first-order valence-corrected chi connectivity index (χ1v) is 6.65. The van der Waals surface area contributed by atoms with Crippen LogP contribution in [-0.4, -0.2) is 23.3 Å². The minimum absolute atomic E-state index is 0.0829. The topological polar surface area (TPSA) is 90.2 Å². The van der Waals surface area contributed by atoms with Crippen LogP contribution in [-0.2, 0) is 6.61 Å². The van der Waals surface area contributed by atoms with E-state index in [9.17, 15) is 9.59 Å². The first-order valence-electron chi connectivity index (χ1n) is 6.65. The lowest BCUT2D eigenvalue weighted by Crippen LogP contribution is -2.29. The molecule has 0 radical (unpaired) electrons. The Morgan fingerprint density at radius 2 is 1.82 bits per heavy atom. The number of nitriles is 1. The van der Waals surface area contributed by atoms with Crippen LogP contribution in [0.4, 0.5) is 0 Å². The first kappa shape index (κ1) is 15.4. The quantitative estimate of drug-likeness (QED) is 0.821. The van der Waals surface area contributed by atoms with Crippen LogP contribution in [0.25, 0.3) is 0 Å². The van der Waals surface area contributed by atoms with Crippen molar-refractivity contribution in [1.82, 2.24) is 5.32 Å². The van der Waals surface area contributed by atoms with E-state index < -0.39 is 5.91 Å². The molecule has 0 aliphatic carbocycles. The fourth-order valence-corrected chi connectivity index (χ4v) is 1.89. The third-order valence-corrected chi connectivity index (χ3v) is 3.12. The number of ketones is 1. The number of carbonyl (C=O) groups excluding carboxylic acids is 2. The van der Waals surface area contributed by atoms with Gasteiger partial charge in [0.15, 0.2) is 5.78 Å². The molecule has 2 N–H and O–H groups in total. The Kier molecular flexibility index (Phi) is 5.02. The molecule has 2 rings (SSSR count). The third-order valence-electron chi connectivity index (χ3n) is 3.12. The van der Waals surface area contributed by atoms with Crippen LogP contribution in [0.1, 0.15) is 31.8 Å². The van der Waals surface area contributed by atoms with Crippen molar-refractivity contribution in [2.24, 2.45) is 0 Å². The number of Topliss-reactive ketones (excluding diaryl/α,β-unsaturated/α-hetero) is 1. The predicted molar refractivity (Wildman–Crippen MR) is 80.2 cm³/mol. The van der Waals surface area contributed by atoms with E-state index in [0.29, 0.717) is 22.3 Å². The zero-order valence-corrected chi connectivity index (χ0v) is 11.7. The Balaban J connectivity index is 1.97. The summed E-state index contributed by atoms with van der Waals surface area (Å²) in [5.74, 6) is -0.633. The Hall–Kier alpha value is -2.97. The van der Waals surface area contributed by atoms with Crippen molar-refractivity contribution in [3.63, 3.8) is 0 Å². The maximum atomic E-state index is 12.0. The highest BCUT2D eigenvalue weighted by Crippen LogP contribution is 2.06. The Morgan fingerprint density at radius 3 is 2.45 bits per heavy atom. The van der Waals surface area contributed by atoms with Gasteiger partial charge in [-0.2, -0.15) is 5.26 Å². The minimum Gasteiger partial charge on any atom is -0.392 e. The Morgan fingerprint density at radius 1 is 1.09 bits per heavy atom. The molecular weight excluding hydrogens is 280 g/mol. The van der Waals surface area contributed by atoms with Gasteiger partial charge in [-0.15, -0.1) is 0 Å². The summed E-state index contributed by atoms with van der Waals surface area (Å²) in [6.45, 7) is -0.214. The molecule has 1 amide bonds. The first-order chi connectivity index (χ1) is 10.6. The van der Waals surface area contributed by atoms with Crippen molar-refractivity contribution in [3.8, 4) is 6.07 Å². The minimum atomic E-state index is -0.405. The summed E-state index contributed by atoms with van der Waals surface area (Å²) in [5, 5.41) is 20.3. The third kappa shape index (κ3) is 3.78. The average Bonchev–Trinajstić information content (AvgIpc) is 2.59. The molecule has 0 aliphatic heterocycles. The van der Waals surface area contributed by atoms with Crippen molar-refractivity contribution >= 4 is 11.7 Å². The van der Waals surface area contributed by atoms with Gasteiger partial charge in [0.25, 0.3) is 5.91 Å². The SMILES string of the molecule is N#Cc1cccc(C(=O)NCC(=O)c2ccc(CO)cc2)c1. The van der Waals surface area contributed by atoms with Crippen LogP contribution < -0.4 is 5.32 Å². The van der Waals surface area contributed by atoms with E-state index in [1.54, 1.807) is 42.5 Å². The molecule has 0 spiro atoms. The average molecular weight is 294 g/mol. The van der Waals surface area contributed by atoms with E-state index in [1.165, 1.54) is 6.07 Å². The smallest absolute Gasteiger partial charge is 0.251 e. The van der Waals surface area contributed by atoms with Gasteiger partial charge in [0, 0.05) is 11.1 Å². The lowest BCUT2D eigenvalue weighted by Gasteiger charge is -2.05. The van der Waals surface area contributed by atoms with Gasteiger partial charge < -0.3 is 10.4 Å². The van der Waals surface area contributed by atoms with Crippen LogP contribution >= 0.6 is 0 Å². The standard InChI is InChI=1S/C17H14N2O3/c18-9-13-2-1-3-15(8-13)17(22)19-10-16(21)14-6-4-12(11-20)5-7-14/h1-8,20H,10-11H2,(H,19,22). The largest absolute Gasteiger partial charge is 0.392 e. The molecule has 0 saturated heterocycles. The summed E-state index contributed by atoms with van der Waals surface area (Å²) in [6, 6.07) is 14.8. The maximum absolute atomic E-state index is 12.0. The van der Waals surface area contributed by atoms with Crippen molar-refractivity contribution < 1.29 is 14.7 Å². The number of carbonyl (C=O) groups is 2. The highest BCUT2D eigenvalue weighted by Gasteiger charge is 2.10. The highest BCUT2D eigenvalue weighted by molar-refractivity contribution is 6.02. The van der Waals surface area contributed by atoms with Crippen LogP contribution in [0.2, 0.25) is 0 Å². The van der Waals surface area contributed by atoms with E-state index in [0.717, 1.165) is 0 Å². The summed E-state index contributed by atoms with van der Waals surface area (Å²) in [5.41, 5.74) is 1.90. The lowest BCUT2D eigenvalue weighted by molar-refractivity contribution is 0.0904. The van der Waals surface area contributed by atoms with Crippen molar-refractivity contribution in [2.45, 2.75) is 6.61 Å². The molecule has 5 nitrogen and oxygen atoms in total. The Bertz CT molecular complexity index is 730. The summed E-state index contributed by atoms with van der Waals surface area (Å²) >= 11 is 0. The lowest BCUT2D eigenvalue weighted by atomic mass is 10.1. The van der Waals surface area contributed by atoms with Crippen molar-refractivity contribution in [3.05, 3.63) is 70.8 Å². The zero-order chi connectivity index (χ0) is 15.9. The number of aliphatic hydroxyl groups excluding tert-OH is 1. The maximum Gasteiger partial charge on any atom is 0.251 e. The number of hydrogen-bond donors (Lipinski definition) is 2. The molecule has 2 aromatic rings. The Labute approximate surface area is 127 Å². The molecule has 0 saturated carbocycles. The van der Waals surface area contributed by atoms with Crippen LogP contribution in [0.15, 0.2) is 48.5 Å². The van der Waals surface area contributed by atoms with Gasteiger partial charge in [-0.25, -0.2) is 0 Å². The normalized spacial score (nSPS) is 9.82. The number of nitrogens with one attached hydrogen (secondary N) is 1. The van der Waals surface area contributed by atoms with Gasteiger partial charge in [-0.1, -0.05) is 30.3 Å². The summed E-state index contributed by atoms with van der Waals surface area (Å²) < 4.78 is 0. The molecule has 2 aromatic carbocycles. The van der Waals surface area contributed by atoms with Gasteiger partial charge in [-0.05, 0) is 23.8 Å². The van der Waals surface area contributed by atoms with Gasteiger partial charge in [0.2, 0.25) is 0 Å². The molecule has 22 heavy (non-hydrogen) atoms. The van der Waals surface area contributed by atoms with E-state index in [4.69, 9.17) is 10.4 Å². The van der Waals surface area contributed by atoms with Gasteiger partial charge in [0.1, 0.15) is 0 Å². The predicted octanol–water partition coefficient (Wildman–Crippen LogP) is 1.66. The molecule has 0 fully saturated rings. The summed E-state index contributed by atoms with van der Waals surface area (Å²) in [4.78, 5) is 23.9. The number of hydrogen-bond acceptors (Lipinski definition) is 4. The van der Waals surface area contributed by atoms with E-state index >= 15 is 0 Å². The zero-order valence-electron chi connectivity index (χ0n) is 11.7. The molecule has 0 bridgehead atoms. The number of aliphatic hydroxyl groups is 1. The fraction of sp³-hybridized carbons (Fsp3) is 0.118.